The maximum Gasteiger partial charge on any atom is 0.416 e. The third-order valence-corrected chi connectivity index (χ3v) is 6.76. The van der Waals surface area contributed by atoms with E-state index in [4.69, 9.17) is 5.73 Å². The average molecular weight is 537 g/mol. The Morgan fingerprint density at radius 1 is 1.00 bits per heavy atom. The zero-order chi connectivity index (χ0) is 28.2. The summed E-state index contributed by atoms with van der Waals surface area (Å²) in [6.45, 7) is 4.74. The number of hydrogen-bond donors (Lipinski definition) is 1. The molecule has 0 saturated carbocycles. The van der Waals surface area contributed by atoms with Gasteiger partial charge in [-0.05, 0) is 41.8 Å². The zero-order valence-electron chi connectivity index (χ0n) is 21.9. The minimum absolute atomic E-state index is 0.0282. The van der Waals surface area contributed by atoms with Crippen molar-refractivity contribution in [2.24, 2.45) is 11.7 Å². The van der Waals surface area contributed by atoms with Crippen molar-refractivity contribution >= 4 is 16.8 Å². The first-order valence-corrected chi connectivity index (χ1v) is 12.8. The van der Waals surface area contributed by atoms with Crippen LogP contribution < -0.4 is 11.3 Å². The highest BCUT2D eigenvalue weighted by Gasteiger charge is 2.32. The Bertz CT molecular complexity index is 1490. The van der Waals surface area contributed by atoms with Crippen molar-refractivity contribution in [2.45, 2.75) is 32.5 Å². The number of amides is 1. The fourth-order valence-electron chi connectivity index (χ4n) is 4.64. The SMILES string of the molecule is CC(C)C(CN(CCN)C(=O)c1ccccc1)c1nc2cc(C(F)(F)F)ccc2c(=O)n1Cc1ccccc1. The quantitative estimate of drug-likeness (QED) is 0.315. The van der Waals surface area contributed by atoms with Crippen LogP contribution in [0.5, 0.6) is 0 Å². The Hall–Kier alpha value is -3.98. The Balaban J connectivity index is 1.87. The predicted octanol–water partition coefficient (Wildman–Crippen LogP) is 5.30. The van der Waals surface area contributed by atoms with Gasteiger partial charge in [0.1, 0.15) is 5.82 Å². The molecule has 0 aliphatic rings. The van der Waals surface area contributed by atoms with Gasteiger partial charge >= 0.3 is 6.18 Å². The van der Waals surface area contributed by atoms with Gasteiger partial charge in [-0.25, -0.2) is 4.98 Å². The van der Waals surface area contributed by atoms with Crippen molar-refractivity contribution in [1.82, 2.24) is 14.5 Å². The number of carbonyl (C=O) groups excluding carboxylic acids is 1. The minimum Gasteiger partial charge on any atom is -0.337 e. The Morgan fingerprint density at radius 2 is 1.64 bits per heavy atom. The number of aromatic nitrogens is 2. The van der Waals surface area contributed by atoms with Crippen molar-refractivity contribution in [2.75, 3.05) is 19.6 Å². The molecule has 6 nitrogen and oxygen atoms in total. The molecule has 1 amide bonds. The van der Waals surface area contributed by atoms with E-state index in [-0.39, 0.29) is 48.9 Å². The number of nitrogens with two attached hydrogens (primary N) is 1. The molecule has 1 atom stereocenters. The number of carbonyl (C=O) groups is 1. The lowest BCUT2D eigenvalue weighted by Gasteiger charge is -2.31. The van der Waals surface area contributed by atoms with E-state index in [2.05, 4.69) is 4.98 Å². The summed E-state index contributed by atoms with van der Waals surface area (Å²) in [6, 6.07) is 21.1. The summed E-state index contributed by atoms with van der Waals surface area (Å²) in [5, 5.41) is 0.101. The molecule has 9 heteroatoms. The zero-order valence-corrected chi connectivity index (χ0v) is 21.9. The second-order valence-electron chi connectivity index (χ2n) is 9.83. The van der Waals surface area contributed by atoms with Crippen LogP contribution >= 0.6 is 0 Å². The van der Waals surface area contributed by atoms with Gasteiger partial charge in [-0.15, -0.1) is 0 Å². The molecular formula is C30H31F3N4O2. The number of halogens is 3. The average Bonchev–Trinajstić information content (AvgIpc) is 2.92. The Labute approximate surface area is 224 Å². The molecule has 204 valence electrons. The van der Waals surface area contributed by atoms with Crippen molar-refractivity contribution in [1.29, 1.82) is 0 Å². The van der Waals surface area contributed by atoms with Gasteiger partial charge in [0.25, 0.3) is 11.5 Å². The summed E-state index contributed by atoms with van der Waals surface area (Å²) in [5.41, 5.74) is 5.86. The minimum atomic E-state index is -4.58. The van der Waals surface area contributed by atoms with Crippen LogP contribution in [0.3, 0.4) is 0 Å². The second kappa shape index (κ2) is 11.8. The van der Waals surface area contributed by atoms with Gasteiger partial charge < -0.3 is 10.6 Å². The summed E-state index contributed by atoms with van der Waals surface area (Å²) >= 11 is 0. The van der Waals surface area contributed by atoms with E-state index in [1.54, 1.807) is 29.2 Å². The highest BCUT2D eigenvalue weighted by molar-refractivity contribution is 5.94. The van der Waals surface area contributed by atoms with Gasteiger partial charge in [-0.2, -0.15) is 13.2 Å². The molecule has 0 bridgehead atoms. The van der Waals surface area contributed by atoms with Crippen LogP contribution in [0.2, 0.25) is 0 Å². The van der Waals surface area contributed by atoms with Gasteiger partial charge in [0.2, 0.25) is 0 Å². The van der Waals surface area contributed by atoms with Crippen molar-refractivity contribution in [3.63, 3.8) is 0 Å². The Morgan fingerprint density at radius 3 is 2.23 bits per heavy atom. The lowest BCUT2D eigenvalue weighted by atomic mass is 9.93. The standard InChI is InChI=1S/C30H31F3N4O2/c1-20(2)25(19-36(16-15-34)28(38)22-11-7-4-8-12-22)27-35-26-17-23(30(31,32)33)13-14-24(26)29(39)37(27)18-21-9-5-3-6-10-21/h3-14,17,20,25H,15-16,18-19,34H2,1-2H3. The van der Waals surface area contributed by atoms with Gasteiger partial charge in [-0.3, -0.25) is 14.2 Å². The third kappa shape index (κ3) is 6.37. The van der Waals surface area contributed by atoms with Crippen LogP contribution in [0.25, 0.3) is 10.9 Å². The summed E-state index contributed by atoms with van der Waals surface area (Å²) < 4.78 is 42.0. The van der Waals surface area contributed by atoms with E-state index in [0.717, 1.165) is 17.7 Å². The number of benzene rings is 3. The Kier molecular flexibility index (Phi) is 8.50. The van der Waals surface area contributed by atoms with Crippen LogP contribution in [0.15, 0.2) is 83.7 Å². The first kappa shape index (κ1) is 28.0. The van der Waals surface area contributed by atoms with Crippen LogP contribution in [0.4, 0.5) is 13.2 Å². The van der Waals surface area contributed by atoms with E-state index in [9.17, 15) is 22.8 Å². The first-order chi connectivity index (χ1) is 18.6. The van der Waals surface area contributed by atoms with Gasteiger partial charge in [0, 0.05) is 31.1 Å². The lowest BCUT2D eigenvalue weighted by Crippen LogP contribution is -2.41. The highest BCUT2D eigenvalue weighted by atomic mass is 19.4. The summed E-state index contributed by atoms with van der Waals surface area (Å²) in [5.74, 6) is -0.456. The third-order valence-electron chi connectivity index (χ3n) is 6.76. The maximum absolute atomic E-state index is 13.7. The number of fused-ring (bicyclic) bond motifs is 1. The maximum atomic E-state index is 13.7. The van der Waals surface area contributed by atoms with E-state index < -0.39 is 23.2 Å². The number of alkyl halides is 3. The van der Waals surface area contributed by atoms with Gasteiger partial charge in [-0.1, -0.05) is 62.4 Å². The molecule has 1 heterocycles. The molecule has 0 aliphatic carbocycles. The smallest absolute Gasteiger partial charge is 0.337 e. The topological polar surface area (TPSA) is 81.2 Å². The molecule has 1 aromatic heterocycles. The van der Waals surface area contributed by atoms with Crippen LogP contribution in [0, 0.1) is 5.92 Å². The molecule has 0 aliphatic heterocycles. The van der Waals surface area contributed by atoms with E-state index in [0.29, 0.717) is 11.4 Å². The number of rotatable bonds is 9. The fourth-order valence-corrected chi connectivity index (χ4v) is 4.64. The molecule has 4 rings (SSSR count). The molecule has 0 spiro atoms. The molecule has 0 fully saturated rings. The number of hydrogen-bond acceptors (Lipinski definition) is 4. The van der Waals surface area contributed by atoms with Gasteiger partial charge in [0.15, 0.2) is 0 Å². The lowest BCUT2D eigenvalue weighted by molar-refractivity contribution is -0.137. The molecule has 3 aromatic carbocycles. The van der Waals surface area contributed by atoms with Gasteiger partial charge in [0.05, 0.1) is 23.0 Å². The summed E-state index contributed by atoms with van der Waals surface area (Å²) in [7, 11) is 0. The van der Waals surface area contributed by atoms with Crippen molar-refractivity contribution in [3.05, 3.63) is 112 Å². The second-order valence-corrected chi connectivity index (χ2v) is 9.83. The predicted molar refractivity (Wildman–Crippen MR) is 146 cm³/mol. The van der Waals surface area contributed by atoms with Crippen molar-refractivity contribution in [3.8, 4) is 0 Å². The van der Waals surface area contributed by atoms with E-state index >= 15 is 0 Å². The van der Waals surface area contributed by atoms with Crippen molar-refractivity contribution < 1.29 is 18.0 Å². The van der Waals surface area contributed by atoms with E-state index in [1.807, 2.05) is 50.2 Å². The highest BCUT2D eigenvalue weighted by Crippen LogP contribution is 2.32. The van der Waals surface area contributed by atoms with Crippen LogP contribution in [0.1, 0.15) is 47.1 Å². The molecule has 1 unspecified atom stereocenters. The first-order valence-electron chi connectivity index (χ1n) is 12.8. The largest absolute Gasteiger partial charge is 0.416 e. The molecule has 0 radical (unpaired) electrons. The molecule has 2 N–H and O–H groups in total. The summed E-state index contributed by atoms with van der Waals surface area (Å²) in [4.78, 5) is 33.4. The molecule has 4 aromatic rings. The monoisotopic (exact) mass is 536 g/mol. The molecule has 39 heavy (non-hydrogen) atoms. The fraction of sp³-hybridized carbons (Fsp3) is 0.300. The summed E-state index contributed by atoms with van der Waals surface area (Å²) in [6.07, 6.45) is -4.58. The molecular weight excluding hydrogens is 505 g/mol. The van der Waals surface area contributed by atoms with Crippen LogP contribution in [-0.2, 0) is 12.7 Å². The number of nitrogens with zero attached hydrogens (tertiary/aromatic N) is 3. The van der Waals surface area contributed by atoms with Crippen LogP contribution in [-0.4, -0.2) is 40.0 Å². The molecule has 0 saturated heterocycles. The van der Waals surface area contributed by atoms with E-state index in [1.165, 1.54) is 10.6 Å². The normalized spacial score (nSPS) is 12.6.